The van der Waals surface area contributed by atoms with Gasteiger partial charge in [-0.1, -0.05) is 43.5 Å². The molecule has 5 aliphatic carbocycles. The maximum Gasteiger partial charge on any atom is 0.345 e. The Hall–Kier alpha value is -4.01. The van der Waals surface area contributed by atoms with Gasteiger partial charge in [-0.2, -0.15) is 5.10 Å². The summed E-state index contributed by atoms with van der Waals surface area (Å²) in [4.78, 5) is 55.0. The van der Waals surface area contributed by atoms with E-state index in [4.69, 9.17) is 5.10 Å². The van der Waals surface area contributed by atoms with Gasteiger partial charge in [0.05, 0.1) is 23.5 Å². The van der Waals surface area contributed by atoms with Crippen LogP contribution in [0.5, 0.6) is 0 Å². The zero-order valence-corrected chi connectivity index (χ0v) is 25.0. The summed E-state index contributed by atoms with van der Waals surface area (Å²) in [6.45, 7) is -0.392. The number of rotatable bonds is 8. The molecular weight excluding hydrogens is 556 g/mol. The lowest BCUT2D eigenvalue weighted by molar-refractivity contribution is -0.142. The predicted molar refractivity (Wildman–Crippen MR) is 167 cm³/mol. The van der Waals surface area contributed by atoms with Crippen molar-refractivity contribution in [1.82, 2.24) is 5.01 Å². The minimum Gasteiger partial charge on any atom is -0.478 e. The van der Waals surface area contributed by atoms with Crippen molar-refractivity contribution in [3.8, 4) is 0 Å². The molecule has 3 amide bonds. The summed E-state index contributed by atoms with van der Waals surface area (Å²) >= 11 is 0. The molecule has 9 heteroatoms. The Labute approximate surface area is 257 Å². The second-order valence-corrected chi connectivity index (χ2v) is 13.8. The van der Waals surface area contributed by atoms with Crippen molar-refractivity contribution in [3.63, 3.8) is 0 Å². The zero-order valence-electron chi connectivity index (χ0n) is 25.0. The van der Waals surface area contributed by atoms with Crippen LogP contribution >= 0.6 is 0 Å². The summed E-state index contributed by atoms with van der Waals surface area (Å²) in [6.07, 6.45) is 11.7. The lowest BCUT2D eigenvalue weighted by atomic mass is 9.48. The molecule has 6 aliphatic rings. The van der Waals surface area contributed by atoms with Crippen molar-refractivity contribution < 1.29 is 24.3 Å². The number of carboxylic acids is 1. The first-order chi connectivity index (χ1) is 21.3. The van der Waals surface area contributed by atoms with Gasteiger partial charge in [-0.15, -0.1) is 0 Å². The van der Waals surface area contributed by atoms with E-state index in [0.717, 1.165) is 62.6 Å². The number of aromatic carboxylic acids is 1. The Morgan fingerprint density at radius 1 is 0.886 bits per heavy atom. The van der Waals surface area contributed by atoms with Gasteiger partial charge in [0.15, 0.2) is 5.78 Å². The normalized spacial score (nSPS) is 27.9. The minimum absolute atomic E-state index is 0.0335. The van der Waals surface area contributed by atoms with E-state index in [1.54, 1.807) is 17.0 Å². The molecule has 2 aromatic rings. The van der Waals surface area contributed by atoms with Gasteiger partial charge in [0.1, 0.15) is 6.54 Å². The number of carbonyl (C=O) groups excluding carboxylic acids is 3. The lowest BCUT2D eigenvalue weighted by Crippen LogP contribution is -2.54. The number of hydrogen-bond acceptors (Lipinski definition) is 5. The maximum absolute atomic E-state index is 14.4. The van der Waals surface area contributed by atoms with Crippen LogP contribution in [0.1, 0.15) is 86.6 Å². The Bertz CT molecular complexity index is 1490. The van der Waals surface area contributed by atoms with Crippen LogP contribution < -0.4 is 10.2 Å². The molecule has 0 saturated heterocycles. The van der Waals surface area contributed by atoms with E-state index in [1.165, 1.54) is 36.4 Å². The molecule has 8 rings (SSSR count). The fourth-order valence-corrected chi connectivity index (χ4v) is 9.16. The van der Waals surface area contributed by atoms with Crippen LogP contribution in [-0.2, 0) is 9.59 Å². The second kappa shape index (κ2) is 11.5. The van der Waals surface area contributed by atoms with Crippen LogP contribution in [0.15, 0.2) is 53.6 Å². The standard InChI is InChI=1S/C35H40N4O5/c40-30(35-17-22-13-23(18-35)15-24(14-22)19-35)20-38-29-12-5-4-11-28(29)32(25-7-2-1-3-8-25)37-39(34(38)44)21-31(41)36-27-10-6-9-26(16-27)33(42)43/h4-6,9-12,16,22-25H,1-3,7-8,13-15,17-21H2,(H,36,41)(H,42,43). The fourth-order valence-electron chi connectivity index (χ4n) is 9.16. The molecule has 2 N–H and O–H groups in total. The Balaban J connectivity index is 1.20. The third-order valence-corrected chi connectivity index (χ3v) is 10.8. The molecule has 9 nitrogen and oxygen atoms in total. The quantitative estimate of drug-likeness (QED) is 0.369. The van der Waals surface area contributed by atoms with Crippen LogP contribution in [0.2, 0.25) is 0 Å². The average molecular weight is 597 g/mol. The number of ketones is 1. The van der Waals surface area contributed by atoms with Gasteiger partial charge < -0.3 is 10.4 Å². The molecule has 44 heavy (non-hydrogen) atoms. The smallest absolute Gasteiger partial charge is 0.345 e. The van der Waals surface area contributed by atoms with E-state index < -0.39 is 17.9 Å². The number of urea groups is 1. The van der Waals surface area contributed by atoms with E-state index in [9.17, 15) is 24.3 Å². The molecule has 0 atom stereocenters. The molecule has 230 valence electrons. The van der Waals surface area contributed by atoms with E-state index in [-0.39, 0.29) is 35.8 Å². The van der Waals surface area contributed by atoms with E-state index in [1.807, 2.05) is 24.3 Å². The van der Waals surface area contributed by atoms with Gasteiger partial charge in [-0.25, -0.2) is 14.6 Å². The molecule has 5 saturated carbocycles. The molecule has 1 aliphatic heterocycles. The van der Waals surface area contributed by atoms with Gasteiger partial charge in [0.2, 0.25) is 5.91 Å². The molecule has 2 aromatic carbocycles. The summed E-state index contributed by atoms with van der Waals surface area (Å²) in [6, 6.07) is 13.2. The molecule has 0 spiro atoms. The number of amides is 3. The van der Waals surface area contributed by atoms with Gasteiger partial charge in [-0.05, 0) is 93.4 Å². The van der Waals surface area contributed by atoms with Crippen molar-refractivity contribution in [2.45, 2.75) is 70.6 Å². The highest BCUT2D eigenvalue weighted by Gasteiger charge is 2.54. The molecule has 4 bridgehead atoms. The highest BCUT2D eigenvalue weighted by atomic mass is 16.4. The Morgan fingerprint density at radius 3 is 2.25 bits per heavy atom. The number of carboxylic acid groups (broad SMARTS) is 1. The van der Waals surface area contributed by atoms with E-state index in [0.29, 0.717) is 29.1 Å². The fraction of sp³-hybridized carbons (Fsp3) is 0.514. The molecule has 5 fully saturated rings. The first kappa shape index (κ1) is 28.7. The first-order valence-corrected chi connectivity index (χ1v) is 16.2. The second-order valence-electron chi connectivity index (χ2n) is 13.8. The number of fused-ring (bicyclic) bond motifs is 1. The van der Waals surface area contributed by atoms with Gasteiger partial charge in [0, 0.05) is 22.6 Å². The summed E-state index contributed by atoms with van der Waals surface area (Å²) < 4.78 is 0. The predicted octanol–water partition coefficient (Wildman–Crippen LogP) is 6.34. The summed E-state index contributed by atoms with van der Waals surface area (Å²) in [7, 11) is 0. The van der Waals surface area contributed by atoms with Gasteiger partial charge >= 0.3 is 12.0 Å². The van der Waals surface area contributed by atoms with Crippen molar-refractivity contribution in [1.29, 1.82) is 0 Å². The molecular formula is C35H40N4O5. The Kier molecular flexibility index (Phi) is 7.50. The van der Waals surface area contributed by atoms with Crippen molar-refractivity contribution >= 4 is 40.8 Å². The molecule has 0 unspecified atom stereocenters. The number of nitrogens with one attached hydrogen (secondary N) is 1. The molecule has 0 radical (unpaired) electrons. The lowest BCUT2D eigenvalue weighted by Gasteiger charge is -2.56. The number of anilines is 2. The minimum atomic E-state index is -1.09. The largest absolute Gasteiger partial charge is 0.478 e. The third-order valence-electron chi connectivity index (χ3n) is 10.8. The Morgan fingerprint density at radius 2 is 1.57 bits per heavy atom. The van der Waals surface area contributed by atoms with Gasteiger partial charge in [0.25, 0.3) is 0 Å². The van der Waals surface area contributed by atoms with Crippen LogP contribution in [-0.4, -0.2) is 52.6 Å². The van der Waals surface area contributed by atoms with Crippen LogP contribution in [0.25, 0.3) is 0 Å². The third kappa shape index (κ3) is 5.41. The summed E-state index contributed by atoms with van der Waals surface area (Å²) in [5.74, 6) is 0.522. The van der Waals surface area contributed by atoms with Crippen molar-refractivity contribution in [2.75, 3.05) is 23.3 Å². The molecule has 1 heterocycles. The van der Waals surface area contributed by atoms with Crippen LogP contribution in [0, 0.1) is 29.1 Å². The monoisotopic (exact) mass is 596 g/mol. The van der Waals surface area contributed by atoms with E-state index in [2.05, 4.69) is 5.32 Å². The maximum atomic E-state index is 14.4. The first-order valence-electron chi connectivity index (χ1n) is 16.2. The average Bonchev–Trinajstić information content (AvgIpc) is 3.11. The number of para-hydroxylation sites is 1. The highest BCUT2D eigenvalue weighted by Crippen LogP contribution is 2.60. The number of Topliss-reactive ketones (excluding diaryl/α,β-unsaturated/α-hetero) is 1. The number of carbonyl (C=O) groups is 4. The summed E-state index contributed by atoms with van der Waals surface area (Å²) in [5, 5.41) is 18.2. The van der Waals surface area contributed by atoms with Crippen LogP contribution in [0.4, 0.5) is 16.2 Å². The van der Waals surface area contributed by atoms with Crippen molar-refractivity contribution in [3.05, 3.63) is 59.7 Å². The van der Waals surface area contributed by atoms with Gasteiger partial charge in [-0.3, -0.25) is 14.5 Å². The number of hydrogen-bond donors (Lipinski definition) is 2. The number of benzene rings is 2. The SMILES string of the molecule is O=C(CN1N=C(C2CCCCC2)c2ccccc2N(CC(=O)C23CC4CC(CC(C4)C2)C3)C1=O)Nc1cccc(C(=O)O)c1. The number of nitrogens with zero attached hydrogens (tertiary/aromatic N) is 3. The van der Waals surface area contributed by atoms with Crippen molar-refractivity contribution in [2.24, 2.45) is 34.2 Å². The van der Waals surface area contributed by atoms with E-state index >= 15 is 0 Å². The van der Waals surface area contributed by atoms with Crippen LogP contribution in [0.3, 0.4) is 0 Å². The summed E-state index contributed by atoms with van der Waals surface area (Å²) in [5.41, 5.74) is 2.33. The zero-order chi connectivity index (χ0) is 30.4. The topological polar surface area (TPSA) is 119 Å². The highest BCUT2D eigenvalue weighted by molar-refractivity contribution is 6.13. The number of hydrazone groups is 1. The molecule has 0 aromatic heterocycles.